The Morgan fingerprint density at radius 3 is 2.41 bits per heavy atom. The van der Waals surface area contributed by atoms with E-state index in [-0.39, 0.29) is 18.5 Å². The number of nitrogens with zero attached hydrogens (tertiary/aromatic N) is 2. The van der Waals surface area contributed by atoms with Gasteiger partial charge in [0.1, 0.15) is 6.54 Å². The van der Waals surface area contributed by atoms with E-state index in [9.17, 15) is 13.2 Å². The molecule has 1 N–H and O–H groups in total. The van der Waals surface area contributed by atoms with Crippen LogP contribution >= 0.6 is 15.9 Å². The molecule has 8 heteroatoms. The molecule has 1 aliphatic heterocycles. The number of hydrogen-bond donors (Lipinski definition) is 1. The molecule has 0 spiro atoms. The minimum absolute atomic E-state index is 0.223. The van der Waals surface area contributed by atoms with Crippen molar-refractivity contribution < 1.29 is 13.2 Å². The summed E-state index contributed by atoms with van der Waals surface area (Å²) >= 11 is 3.34. The lowest BCUT2D eigenvalue weighted by molar-refractivity contribution is -0.120. The number of carbonyl (C=O) groups is 1. The zero-order chi connectivity index (χ0) is 21.0. The molecular formula is C21H26BrN3O3S. The number of benzene rings is 2. The second-order valence-corrected chi connectivity index (χ2v) is 10.1. The van der Waals surface area contributed by atoms with E-state index in [1.165, 1.54) is 18.5 Å². The van der Waals surface area contributed by atoms with Crippen LogP contribution in [0.2, 0.25) is 0 Å². The molecule has 0 saturated carbocycles. The first-order valence-corrected chi connectivity index (χ1v) is 12.3. The maximum Gasteiger partial charge on any atom is 0.241 e. The minimum atomic E-state index is -3.60. The van der Waals surface area contributed by atoms with Gasteiger partial charge in [0.2, 0.25) is 15.9 Å². The molecule has 1 fully saturated rings. The van der Waals surface area contributed by atoms with Crippen molar-refractivity contribution in [1.82, 2.24) is 5.32 Å². The van der Waals surface area contributed by atoms with Crippen molar-refractivity contribution in [1.29, 1.82) is 0 Å². The standard InChI is InChI=1S/C21H26BrN3O3S/c1-16(17-8-10-19(11-9-17)24-12-3-4-13-24)23-21(26)15-25(29(2,27)28)20-7-5-6-18(22)14-20/h5-11,14,16H,3-4,12-13,15H2,1-2H3,(H,23,26). The van der Waals surface area contributed by atoms with Crippen molar-refractivity contribution >= 4 is 43.2 Å². The molecule has 1 aliphatic rings. The number of carbonyl (C=O) groups excluding carboxylic acids is 1. The Morgan fingerprint density at radius 1 is 1.17 bits per heavy atom. The van der Waals surface area contributed by atoms with Gasteiger partial charge in [-0.15, -0.1) is 0 Å². The molecule has 0 aromatic heterocycles. The number of amides is 1. The summed E-state index contributed by atoms with van der Waals surface area (Å²) in [5, 5.41) is 2.90. The molecule has 1 atom stereocenters. The van der Waals surface area contributed by atoms with Gasteiger partial charge in [-0.25, -0.2) is 8.42 Å². The summed E-state index contributed by atoms with van der Waals surface area (Å²) in [7, 11) is -3.60. The SMILES string of the molecule is CC(NC(=O)CN(c1cccc(Br)c1)S(C)(=O)=O)c1ccc(N2CCCC2)cc1. The van der Waals surface area contributed by atoms with Gasteiger partial charge in [-0.1, -0.05) is 34.1 Å². The van der Waals surface area contributed by atoms with E-state index in [1.807, 2.05) is 19.1 Å². The first-order chi connectivity index (χ1) is 13.7. The van der Waals surface area contributed by atoms with Crippen LogP contribution in [0.5, 0.6) is 0 Å². The normalized spacial score (nSPS) is 15.2. The minimum Gasteiger partial charge on any atom is -0.372 e. The van der Waals surface area contributed by atoms with Crippen LogP contribution < -0.4 is 14.5 Å². The number of anilines is 2. The van der Waals surface area contributed by atoms with Crippen LogP contribution in [0.25, 0.3) is 0 Å². The molecular weight excluding hydrogens is 454 g/mol. The summed E-state index contributed by atoms with van der Waals surface area (Å²) in [5.74, 6) is -0.355. The highest BCUT2D eigenvalue weighted by molar-refractivity contribution is 9.10. The van der Waals surface area contributed by atoms with Crippen LogP contribution in [-0.2, 0) is 14.8 Å². The fourth-order valence-electron chi connectivity index (χ4n) is 3.48. The average Bonchev–Trinajstić information content (AvgIpc) is 3.20. The van der Waals surface area contributed by atoms with Gasteiger partial charge in [0.05, 0.1) is 18.0 Å². The summed E-state index contributed by atoms with van der Waals surface area (Å²) in [6, 6.07) is 14.8. The fraction of sp³-hybridized carbons (Fsp3) is 0.381. The van der Waals surface area contributed by atoms with Gasteiger partial charge in [-0.2, -0.15) is 0 Å². The van der Waals surface area contributed by atoms with Gasteiger partial charge in [0.25, 0.3) is 0 Å². The first kappa shape index (κ1) is 21.6. The Labute approximate surface area is 181 Å². The fourth-order valence-corrected chi connectivity index (χ4v) is 4.72. The number of rotatable bonds is 7. The van der Waals surface area contributed by atoms with Gasteiger partial charge in [0, 0.05) is 23.2 Å². The van der Waals surface area contributed by atoms with Crippen molar-refractivity contribution in [2.24, 2.45) is 0 Å². The Bertz CT molecular complexity index is 957. The van der Waals surface area contributed by atoms with E-state index in [2.05, 4.69) is 38.3 Å². The first-order valence-electron chi connectivity index (χ1n) is 9.61. The molecule has 1 saturated heterocycles. The molecule has 1 amide bonds. The van der Waals surface area contributed by atoms with E-state index in [4.69, 9.17) is 0 Å². The Balaban J connectivity index is 1.66. The molecule has 3 rings (SSSR count). The third-order valence-electron chi connectivity index (χ3n) is 5.03. The number of hydrogen-bond acceptors (Lipinski definition) is 4. The Kier molecular flexibility index (Phi) is 6.85. The van der Waals surface area contributed by atoms with Crippen molar-refractivity contribution in [3.05, 3.63) is 58.6 Å². The van der Waals surface area contributed by atoms with Crippen LogP contribution in [0.3, 0.4) is 0 Å². The number of nitrogens with one attached hydrogen (secondary N) is 1. The predicted octanol–water partition coefficient (Wildman–Crippen LogP) is 3.69. The summed E-state index contributed by atoms with van der Waals surface area (Å²) in [6.45, 7) is 3.79. The molecule has 0 radical (unpaired) electrons. The van der Waals surface area contributed by atoms with Gasteiger partial charge in [0.15, 0.2) is 0 Å². The summed E-state index contributed by atoms with van der Waals surface area (Å²) in [4.78, 5) is 14.9. The highest BCUT2D eigenvalue weighted by Crippen LogP contribution is 2.24. The second kappa shape index (κ2) is 9.17. The van der Waals surface area contributed by atoms with Crippen LogP contribution in [0, 0.1) is 0 Å². The van der Waals surface area contributed by atoms with Crippen LogP contribution in [0.1, 0.15) is 31.4 Å². The van der Waals surface area contributed by atoms with E-state index >= 15 is 0 Å². The van der Waals surface area contributed by atoms with Crippen LogP contribution in [0.15, 0.2) is 53.0 Å². The second-order valence-electron chi connectivity index (χ2n) is 7.32. The predicted molar refractivity (Wildman–Crippen MR) is 121 cm³/mol. The third-order valence-corrected chi connectivity index (χ3v) is 6.66. The summed E-state index contributed by atoms with van der Waals surface area (Å²) in [5.41, 5.74) is 2.62. The lowest BCUT2D eigenvalue weighted by Crippen LogP contribution is -2.41. The number of sulfonamides is 1. The van der Waals surface area contributed by atoms with Crippen molar-refractivity contribution in [3.63, 3.8) is 0 Å². The zero-order valence-electron chi connectivity index (χ0n) is 16.6. The Hall–Kier alpha value is -2.06. The monoisotopic (exact) mass is 479 g/mol. The maximum atomic E-state index is 12.6. The van der Waals surface area contributed by atoms with Gasteiger partial charge in [-0.05, 0) is 55.7 Å². The van der Waals surface area contributed by atoms with Crippen molar-refractivity contribution in [2.75, 3.05) is 35.1 Å². The summed E-state index contributed by atoms with van der Waals surface area (Å²) < 4.78 is 26.3. The molecule has 156 valence electrons. The van der Waals surface area contributed by atoms with Crippen LogP contribution in [0.4, 0.5) is 11.4 Å². The molecule has 2 aromatic rings. The maximum absolute atomic E-state index is 12.6. The van der Waals surface area contributed by atoms with Gasteiger partial charge in [-0.3, -0.25) is 9.10 Å². The topological polar surface area (TPSA) is 69.7 Å². The van der Waals surface area contributed by atoms with Crippen molar-refractivity contribution in [2.45, 2.75) is 25.8 Å². The van der Waals surface area contributed by atoms with Gasteiger partial charge < -0.3 is 10.2 Å². The largest absolute Gasteiger partial charge is 0.372 e. The molecule has 0 bridgehead atoms. The lowest BCUT2D eigenvalue weighted by Gasteiger charge is -2.24. The average molecular weight is 480 g/mol. The smallest absolute Gasteiger partial charge is 0.241 e. The van der Waals surface area contributed by atoms with Crippen LogP contribution in [-0.4, -0.2) is 40.2 Å². The highest BCUT2D eigenvalue weighted by atomic mass is 79.9. The lowest BCUT2D eigenvalue weighted by atomic mass is 10.1. The highest BCUT2D eigenvalue weighted by Gasteiger charge is 2.22. The van der Waals surface area contributed by atoms with E-state index < -0.39 is 10.0 Å². The van der Waals surface area contributed by atoms with E-state index in [0.29, 0.717) is 5.69 Å². The molecule has 2 aromatic carbocycles. The van der Waals surface area contributed by atoms with E-state index in [1.54, 1.807) is 24.3 Å². The molecule has 1 unspecified atom stereocenters. The Morgan fingerprint density at radius 2 is 1.83 bits per heavy atom. The quantitative estimate of drug-likeness (QED) is 0.657. The van der Waals surface area contributed by atoms with E-state index in [0.717, 1.165) is 33.7 Å². The molecule has 1 heterocycles. The molecule has 6 nitrogen and oxygen atoms in total. The summed E-state index contributed by atoms with van der Waals surface area (Å²) in [6.07, 6.45) is 3.55. The third kappa shape index (κ3) is 5.73. The van der Waals surface area contributed by atoms with Gasteiger partial charge >= 0.3 is 0 Å². The van der Waals surface area contributed by atoms with Crippen molar-refractivity contribution in [3.8, 4) is 0 Å². The zero-order valence-corrected chi connectivity index (χ0v) is 19.0. The number of halogens is 1. The molecule has 29 heavy (non-hydrogen) atoms. The molecule has 0 aliphatic carbocycles.